The zero-order valence-electron chi connectivity index (χ0n) is 16.7. The van der Waals surface area contributed by atoms with Crippen molar-refractivity contribution in [3.8, 4) is 0 Å². The van der Waals surface area contributed by atoms with Gasteiger partial charge < -0.3 is 10.6 Å². The van der Waals surface area contributed by atoms with Gasteiger partial charge >= 0.3 is 6.03 Å². The first-order valence-corrected chi connectivity index (χ1v) is 11.4. The molecular formula is C22H26FN3O3S. The Balaban J connectivity index is 1.62. The summed E-state index contributed by atoms with van der Waals surface area (Å²) >= 11 is 0. The number of benzene rings is 2. The normalized spacial score (nSPS) is 15.9. The number of amides is 2. The van der Waals surface area contributed by atoms with Crippen molar-refractivity contribution in [1.82, 2.24) is 10.2 Å². The molecule has 1 aliphatic rings. The van der Waals surface area contributed by atoms with Crippen LogP contribution in [0.2, 0.25) is 0 Å². The van der Waals surface area contributed by atoms with Crippen LogP contribution in [0.5, 0.6) is 0 Å². The molecule has 1 saturated heterocycles. The van der Waals surface area contributed by atoms with E-state index in [-0.39, 0.29) is 17.3 Å². The Hall–Kier alpha value is -2.71. The first-order chi connectivity index (χ1) is 14.4. The molecule has 6 nitrogen and oxygen atoms in total. The fraction of sp³-hybridized carbons (Fsp3) is 0.318. The Morgan fingerprint density at radius 3 is 2.47 bits per heavy atom. The number of hydrogen-bond donors (Lipinski definition) is 2. The molecule has 2 aromatic rings. The van der Waals surface area contributed by atoms with Gasteiger partial charge in [-0.25, -0.2) is 17.6 Å². The zero-order chi connectivity index (χ0) is 21.6. The van der Waals surface area contributed by atoms with Gasteiger partial charge in [0, 0.05) is 12.2 Å². The fourth-order valence-corrected chi connectivity index (χ4v) is 5.17. The third-order valence-electron chi connectivity index (χ3n) is 5.05. The minimum atomic E-state index is -3.60. The molecule has 0 bridgehead atoms. The molecule has 1 fully saturated rings. The Bertz CT molecular complexity index is 987. The van der Waals surface area contributed by atoms with E-state index >= 15 is 0 Å². The summed E-state index contributed by atoms with van der Waals surface area (Å²) in [4.78, 5) is 14.2. The number of likely N-dealkylation sites (tertiary alicyclic amines) is 1. The van der Waals surface area contributed by atoms with Crippen LogP contribution in [0.15, 0.2) is 66.1 Å². The molecular weight excluding hydrogens is 405 g/mol. The van der Waals surface area contributed by atoms with Gasteiger partial charge in [0.05, 0.1) is 4.90 Å². The quantitative estimate of drug-likeness (QED) is 0.652. The number of hydrogen-bond acceptors (Lipinski definition) is 4. The number of nitrogens with zero attached hydrogens (tertiary/aromatic N) is 1. The third kappa shape index (κ3) is 5.46. The van der Waals surface area contributed by atoms with Crippen LogP contribution in [0.1, 0.15) is 24.8 Å². The van der Waals surface area contributed by atoms with Crippen molar-refractivity contribution in [2.24, 2.45) is 0 Å². The highest BCUT2D eigenvalue weighted by molar-refractivity contribution is 7.92. The molecule has 0 aliphatic carbocycles. The molecule has 0 spiro atoms. The topological polar surface area (TPSA) is 78.5 Å². The fourth-order valence-electron chi connectivity index (χ4n) is 3.52. The minimum Gasteiger partial charge on any atom is -0.334 e. The van der Waals surface area contributed by atoms with E-state index in [4.69, 9.17) is 0 Å². The van der Waals surface area contributed by atoms with Gasteiger partial charge in [-0.2, -0.15) is 0 Å². The van der Waals surface area contributed by atoms with Crippen molar-refractivity contribution < 1.29 is 17.6 Å². The number of carbonyl (C=O) groups is 1. The molecule has 0 saturated carbocycles. The molecule has 2 N–H and O–H groups in total. The maximum Gasteiger partial charge on any atom is 0.319 e. The monoisotopic (exact) mass is 431 g/mol. The molecule has 1 atom stereocenters. The van der Waals surface area contributed by atoms with Gasteiger partial charge in [0.15, 0.2) is 9.84 Å². The number of sulfone groups is 1. The Morgan fingerprint density at radius 2 is 1.83 bits per heavy atom. The predicted octanol–water partition coefficient (Wildman–Crippen LogP) is 3.92. The third-order valence-corrected chi connectivity index (χ3v) is 7.11. The van der Waals surface area contributed by atoms with E-state index in [2.05, 4.69) is 17.2 Å². The molecule has 3 rings (SSSR count). The first-order valence-electron chi connectivity index (χ1n) is 9.90. The number of anilines is 1. The summed E-state index contributed by atoms with van der Waals surface area (Å²) in [5.41, 5.74) is 1.10. The van der Waals surface area contributed by atoms with Crippen molar-refractivity contribution in [2.75, 3.05) is 18.4 Å². The molecule has 1 aliphatic heterocycles. The minimum absolute atomic E-state index is 0.174. The summed E-state index contributed by atoms with van der Waals surface area (Å²) in [6.45, 7) is 5.37. The van der Waals surface area contributed by atoms with Crippen LogP contribution in [0.3, 0.4) is 0 Å². The molecule has 0 aromatic heterocycles. The summed E-state index contributed by atoms with van der Waals surface area (Å²) in [5.74, 6) is -0.367. The van der Waals surface area contributed by atoms with Crippen LogP contribution in [-0.2, 0) is 16.4 Å². The number of nitrogens with one attached hydrogen (secondary N) is 2. The van der Waals surface area contributed by atoms with Crippen molar-refractivity contribution in [2.45, 2.75) is 36.1 Å². The van der Waals surface area contributed by atoms with E-state index < -0.39 is 21.2 Å². The highest BCUT2D eigenvalue weighted by atomic mass is 32.2. The van der Waals surface area contributed by atoms with Crippen molar-refractivity contribution in [1.29, 1.82) is 0 Å². The van der Waals surface area contributed by atoms with E-state index in [1.54, 1.807) is 24.3 Å². The lowest BCUT2D eigenvalue weighted by molar-refractivity contribution is 0.229. The van der Waals surface area contributed by atoms with Gasteiger partial charge in [-0.1, -0.05) is 24.6 Å². The van der Waals surface area contributed by atoms with E-state index in [1.807, 2.05) is 4.90 Å². The molecule has 2 amide bonds. The highest BCUT2D eigenvalue weighted by Gasteiger charge is 2.31. The van der Waals surface area contributed by atoms with Gasteiger partial charge in [-0.05, 0) is 67.9 Å². The second-order valence-corrected chi connectivity index (χ2v) is 9.27. The SMILES string of the molecule is C=CC(N1CCCCC1)S(=O)(=O)c1ccc(NC(=O)NCc2cccc(F)c2)cc1. The second kappa shape index (κ2) is 9.86. The molecule has 0 radical (unpaired) electrons. The summed E-state index contributed by atoms with van der Waals surface area (Å²) in [5, 5.41) is 4.52. The lowest BCUT2D eigenvalue weighted by atomic mass is 10.1. The summed E-state index contributed by atoms with van der Waals surface area (Å²) in [6.07, 6.45) is 4.55. The van der Waals surface area contributed by atoms with Crippen molar-refractivity contribution in [3.05, 3.63) is 72.6 Å². The number of carbonyl (C=O) groups excluding carboxylic acids is 1. The molecule has 8 heteroatoms. The lowest BCUT2D eigenvalue weighted by Crippen LogP contribution is -2.42. The number of urea groups is 1. The maximum absolute atomic E-state index is 13.2. The molecule has 30 heavy (non-hydrogen) atoms. The van der Waals surface area contributed by atoms with Gasteiger partial charge in [0.2, 0.25) is 0 Å². The van der Waals surface area contributed by atoms with E-state index in [0.29, 0.717) is 11.3 Å². The average Bonchev–Trinajstić information content (AvgIpc) is 2.74. The van der Waals surface area contributed by atoms with Gasteiger partial charge in [0.1, 0.15) is 11.2 Å². The average molecular weight is 432 g/mol. The first kappa shape index (κ1) is 22.0. The number of rotatable bonds is 7. The Kier molecular flexibility index (Phi) is 7.23. The van der Waals surface area contributed by atoms with Crippen LogP contribution in [0.25, 0.3) is 0 Å². The van der Waals surface area contributed by atoms with Crippen molar-refractivity contribution in [3.63, 3.8) is 0 Å². The second-order valence-electron chi connectivity index (χ2n) is 7.23. The standard InChI is InChI=1S/C22H26FN3O3S/c1-2-21(26-13-4-3-5-14-26)30(28,29)20-11-9-19(10-12-20)25-22(27)24-16-17-7-6-8-18(23)15-17/h2,6-12,15,21H,1,3-5,13-14,16H2,(H2,24,25,27). The zero-order valence-corrected chi connectivity index (χ0v) is 17.5. The summed E-state index contributed by atoms with van der Waals surface area (Å²) in [7, 11) is -3.60. The summed E-state index contributed by atoms with van der Waals surface area (Å²) < 4.78 is 39.3. The van der Waals surface area contributed by atoms with E-state index in [9.17, 15) is 17.6 Å². The lowest BCUT2D eigenvalue weighted by Gasteiger charge is -2.32. The largest absolute Gasteiger partial charge is 0.334 e. The van der Waals surface area contributed by atoms with Crippen LogP contribution in [0, 0.1) is 5.82 Å². The Morgan fingerprint density at radius 1 is 1.13 bits per heavy atom. The number of piperidine rings is 1. The Labute approximate surface area is 176 Å². The van der Waals surface area contributed by atoms with Crippen LogP contribution < -0.4 is 10.6 Å². The highest BCUT2D eigenvalue weighted by Crippen LogP contribution is 2.24. The van der Waals surface area contributed by atoms with Crippen LogP contribution in [-0.4, -0.2) is 37.8 Å². The predicted molar refractivity (Wildman–Crippen MR) is 115 cm³/mol. The smallest absolute Gasteiger partial charge is 0.319 e. The molecule has 2 aromatic carbocycles. The molecule has 160 valence electrons. The summed E-state index contributed by atoms with van der Waals surface area (Å²) in [6, 6.07) is 11.6. The van der Waals surface area contributed by atoms with Gasteiger partial charge in [-0.15, -0.1) is 6.58 Å². The number of halogens is 1. The molecule has 1 unspecified atom stereocenters. The van der Waals surface area contributed by atoms with E-state index in [1.165, 1.54) is 30.3 Å². The van der Waals surface area contributed by atoms with Crippen molar-refractivity contribution >= 4 is 21.6 Å². The maximum atomic E-state index is 13.2. The van der Waals surface area contributed by atoms with Crippen LogP contribution in [0.4, 0.5) is 14.9 Å². The van der Waals surface area contributed by atoms with E-state index in [0.717, 1.165) is 32.4 Å². The molecule has 1 heterocycles. The van der Waals surface area contributed by atoms with Gasteiger partial charge in [0.25, 0.3) is 0 Å². The van der Waals surface area contributed by atoms with Crippen LogP contribution >= 0.6 is 0 Å². The van der Waals surface area contributed by atoms with Gasteiger partial charge in [-0.3, -0.25) is 4.90 Å².